The van der Waals surface area contributed by atoms with E-state index in [1.54, 1.807) is 86.8 Å². The van der Waals surface area contributed by atoms with E-state index in [-0.39, 0.29) is 0 Å². The summed E-state index contributed by atoms with van der Waals surface area (Å²) in [5.74, 6) is 0.601. The van der Waals surface area contributed by atoms with Crippen molar-refractivity contribution >= 4 is 29.7 Å². The highest BCUT2D eigenvalue weighted by Crippen LogP contribution is 2.18. The maximum absolute atomic E-state index is 12.3. The van der Waals surface area contributed by atoms with E-state index < -0.39 is 18.0 Å². The number of halogens is 1. The number of methoxy groups -OCH3 is 1. The molecule has 0 bridgehead atoms. The average molecular weight is 453 g/mol. The number of esters is 1. The first-order valence-electron chi connectivity index (χ1n) is 9.66. The van der Waals surface area contributed by atoms with Crippen LogP contribution < -0.4 is 19.6 Å². The number of rotatable bonds is 8. The summed E-state index contributed by atoms with van der Waals surface area (Å²) in [5.41, 5.74) is 3.45. The van der Waals surface area contributed by atoms with Crippen LogP contribution in [0.3, 0.4) is 0 Å². The Hall–Kier alpha value is -3.84. The lowest BCUT2D eigenvalue weighted by Gasteiger charge is -2.12. The molecule has 32 heavy (non-hydrogen) atoms. The van der Waals surface area contributed by atoms with Crippen molar-refractivity contribution in [1.29, 1.82) is 0 Å². The highest BCUT2D eigenvalue weighted by molar-refractivity contribution is 6.30. The topological polar surface area (TPSA) is 86.2 Å². The summed E-state index contributed by atoms with van der Waals surface area (Å²) in [6.45, 7) is 1.61. The van der Waals surface area contributed by atoms with Crippen LogP contribution in [0.2, 0.25) is 5.02 Å². The Bertz CT molecular complexity index is 1100. The number of carbonyl (C=O) groups is 2. The zero-order valence-electron chi connectivity index (χ0n) is 17.4. The van der Waals surface area contributed by atoms with Crippen LogP contribution in [0.1, 0.15) is 22.8 Å². The van der Waals surface area contributed by atoms with Crippen molar-refractivity contribution in [2.75, 3.05) is 7.11 Å². The number of nitrogens with one attached hydrogen (secondary N) is 1. The largest absolute Gasteiger partial charge is 0.497 e. The zero-order chi connectivity index (χ0) is 22.9. The molecule has 0 saturated heterocycles. The minimum Gasteiger partial charge on any atom is -0.497 e. The molecule has 0 spiro atoms. The van der Waals surface area contributed by atoms with E-state index in [2.05, 4.69) is 10.5 Å². The zero-order valence-corrected chi connectivity index (χ0v) is 18.2. The van der Waals surface area contributed by atoms with E-state index in [9.17, 15) is 9.59 Å². The molecule has 3 rings (SSSR count). The summed E-state index contributed by atoms with van der Waals surface area (Å²) < 4.78 is 16.0. The van der Waals surface area contributed by atoms with Crippen LogP contribution in [0, 0.1) is 0 Å². The molecule has 1 atom stereocenters. The SMILES string of the molecule is COc1ccc(C(=O)Oc2cccc(/C=N/NC(=O)C(C)Oc3ccc(Cl)cc3)c2)cc1. The summed E-state index contributed by atoms with van der Waals surface area (Å²) >= 11 is 5.83. The van der Waals surface area contributed by atoms with Gasteiger partial charge in [0.25, 0.3) is 5.91 Å². The minimum atomic E-state index is -0.759. The van der Waals surface area contributed by atoms with E-state index in [0.29, 0.717) is 33.4 Å². The second-order valence-electron chi connectivity index (χ2n) is 6.64. The molecule has 1 N–H and O–H groups in total. The number of nitrogens with zero attached hydrogens (tertiary/aromatic N) is 1. The smallest absolute Gasteiger partial charge is 0.343 e. The number of hydrazone groups is 1. The Morgan fingerprint density at radius 2 is 1.66 bits per heavy atom. The Labute approximate surface area is 190 Å². The van der Waals surface area contributed by atoms with Gasteiger partial charge in [-0.25, -0.2) is 10.2 Å². The van der Waals surface area contributed by atoms with Gasteiger partial charge in [-0.1, -0.05) is 23.7 Å². The molecule has 0 aliphatic heterocycles. The van der Waals surface area contributed by atoms with Crippen LogP contribution in [0.25, 0.3) is 0 Å². The Morgan fingerprint density at radius 3 is 2.34 bits per heavy atom. The quantitative estimate of drug-likeness (QED) is 0.235. The van der Waals surface area contributed by atoms with Crippen molar-refractivity contribution in [3.05, 3.63) is 88.9 Å². The maximum Gasteiger partial charge on any atom is 0.343 e. The lowest BCUT2D eigenvalue weighted by Crippen LogP contribution is -2.33. The molecule has 1 unspecified atom stereocenters. The second-order valence-corrected chi connectivity index (χ2v) is 7.08. The summed E-state index contributed by atoms with van der Waals surface area (Å²) in [6.07, 6.45) is 0.683. The third-order valence-corrected chi connectivity index (χ3v) is 4.53. The molecule has 0 aromatic heterocycles. The molecule has 0 aliphatic carbocycles. The van der Waals surface area contributed by atoms with Gasteiger partial charge >= 0.3 is 5.97 Å². The number of ether oxygens (including phenoxy) is 3. The van der Waals surface area contributed by atoms with Gasteiger partial charge in [-0.3, -0.25) is 4.79 Å². The van der Waals surface area contributed by atoms with Crippen molar-refractivity contribution in [3.8, 4) is 17.2 Å². The predicted molar refractivity (Wildman–Crippen MR) is 122 cm³/mol. The highest BCUT2D eigenvalue weighted by atomic mass is 35.5. The number of hydrogen-bond donors (Lipinski definition) is 1. The molecule has 7 nitrogen and oxygen atoms in total. The maximum atomic E-state index is 12.3. The van der Waals surface area contributed by atoms with Gasteiger partial charge < -0.3 is 14.2 Å². The Balaban J connectivity index is 1.54. The third kappa shape index (κ3) is 6.58. The first-order chi connectivity index (χ1) is 15.4. The van der Waals surface area contributed by atoms with Gasteiger partial charge in [0, 0.05) is 5.02 Å². The van der Waals surface area contributed by atoms with Gasteiger partial charge in [-0.15, -0.1) is 0 Å². The van der Waals surface area contributed by atoms with Gasteiger partial charge in [-0.2, -0.15) is 5.10 Å². The standard InChI is InChI=1S/C24H21ClN2O5/c1-16(31-21-12-8-19(25)9-13-21)23(28)27-26-15-17-4-3-5-22(14-17)32-24(29)18-6-10-20(30-2)11-7-18/h3-16H,1-2H3,(H,27,28)/b26-15+. The van der Waals surface area contributed by atoms with E-state index in [0.717, 1.165) is 0 Å². The van der Waals surface area contributed by atoms with Crippen LogP contribution in [-0.2, 0) is 4.79 Å². The van der Waals surface area contributed by atoms with Gasteiger partial charge in [0.05, 0.1) is 18.9 Å². The number of hydrogen-bond acceptors (Lipinski definition) is 6. The fourth-order valence-electron chi connectivity index (χ4n) is 2.58. The van der Waals surface area contributed by atoms with Gasteiger partial charge in [0.2, 0.25) is 0 Å². The molecule has 0 aliphatic rings. The van der Waals surface area contributed by atoms with Crippen LogP contribution in [0.4, 0.5) is 0 Å². The van der Waals surface area contributed by atoms with E-state index >= 15 is 0 Å². The summed E-state index contributed by atoms with van der Waals surface area (Å²) in [6, 6.07) is 20.1. The van der Waals surface area contributed by atoms with Crippen molar-refractivity contribution < 1.29 is 23.8 Å². The first kappa shape index (κ1) is 22.8. The van der Waals surface area contributed by atoms with Crippen LogP contribution in [0.15, 0.2) is 77.9 Å². The van der Waals surface area contributed by atoms with Gasteiger partial charge in [0.15, 0.2) is 6.10 Å². The molecule has 3 aromatic carbocycles. The predicted octanol–water partition coefficient (Wildman–Crippen LogP) is 4.49. The van der Waals surface area contributed by atoms with Crippen molar-refractivity contribution in [2.45, 2.75) is 13.0 Å². The van der Waals surface area contributed by atoms with Crippen LogP contribution >= 0.6 is 11.6 Å². The van der Waals surface area contributed by atoms with E-state index in [4.69, 9.17) is 25.8 Å². The number of carbonyl (C=O) groups excluding carboxylic acids is 2. The highest BCUT2D eigenvalue weighted by Gasteiger charge is 2.14. The van der Waals surface area contributed by atoms with Crippen molar-refractivity contribution in [1.82, 2.24) is 5.43 Å². The van der Waals surface area contributed by atoms with Crippen molar-refractivity contribution in [2.24, 2.45) is 5.10 Å². The lowest BCUT2D eigenvalue weighted by atomic mass is 10.2. The van der Waals surface area contributed by atoms with Crippen LogP contribution in [-0.4, -0.2) is 31.3 Å². The molecule has 0 fully saturated rings. The molecule has 3 aromatic rings. The van der Waals surface area contributed by atoms with Crippen molar-refractivity contribution in [3.63, 3.8) is 0 Å². The molecule has 0 saturated carbocycles. The monoisotopic (exact) mass is 452 g/mol. The Kier molecular flexibility index (Phi) is 7.83. The van der Waals surface area contributed by atoms with Gasteiger partial charge in [0.1, 0.15) is 17.2 Å². The fourth-order valence-corrected chi connectivity index (χ4v) is 2.71. The summed E-state index contributed by atoms with van der Waals surface area (Å²) in [7, 11) is 1.55. The second kappa shape index (κ2) is 11.0. The molecular weight excluding hydrogens is 432 g/mol. The Morgan fingerprint density at radius 1 is 0.969 bits per heavy atom. The molecule has 164 valence electrons. The molecule has 0 heterocycles. The van der Waals surface area contributed by atoms with E-state index in [1.165, 1.54) is 6.21 Å². The lowest BCUT2D eigenvalue weighted by molar-refractivity contribution is -0.127. The molecule has 0 radical (unpaired) electrons. The molecular formula is C24H21ClN2O5. The number of benzene rings is 3. The van der Waals surface area contributed by atoms with E-state index in [1.807, 2.05) is 0 Å². The van der Waals surface area contributed by atoms with Gasteiger partial charge in [-0.05, 0) is 73.2 Å². The average Bonchev–Trinajstić information content (AvgIpc) is 2.80. The number of amides is 1. The fraction of sp³-hybridized carbons (Fsp3) is 0.125. The third-order valence-electron chi connectivity index (χ3n) is 4.28. The molecule has 8 heteroatoms. The normalized spacial score (nSPS) is 11.6. The first-order valence-corrected chi connectivity index (χ1v) is 10.0. The molecule has 1 amide bonds. The minimum absolute atomic E-state index is 0.348. The summed E-state index contributed by atoms with van der Waals surface area (Å²) in [5, 5.41) is 4.52. The summed E-state index contributed by atoms with van der Waals surface area (Å²) in [4.78, 5) is 24.5. The van der Waals surface area contributed by atoms with Crippen LogP contribution in [0.5, 0.6) is 17.2 Å².